The van der Waals surface area contributed by atoms with Crippen LogP contribution in [0.4, 0.5) is 5.69 Å². The summed E-state index contributed by atoms with van der Waals surface area (Å²) in [6, 6.07) is 11.7. The molecule has 0 aliphatic rings. The molecule has 0 aliphatic heterocycles. The van der Waals surface area contributed by atoms with Gasteiger partial charge in [-0.1, -0.05) is 35.9 Å². The highest BCUT2D eigenvalue weighted by Crippen LogP contribution is 2.31. The van der Waals surface area contributed by atoms with E-state index in [-0.39, 0.29) is 23.3 Å². The molecule has 0 spiro atoms. The fraction of sp³-hybridized carbons (Fsp3) is 0.320. The summed E-state index contributed by atoms with van der Waals surface area (Å²) in [7, 11) is -0.733. The number of anilines is 1. The highest BCUT2D eigenvalue weighted by molar-refractivity contribution is 7.90. The topological polar surface area (TPSA) is 106 Å². The molecule has 0 saturated heterocycles. The summed E-state index contributed by atoms with van der Waals surface area (Å²) < 4.78 is 37.4. The van der Waals surface area contributed by atoms with Crippen LogP contribution in [0.15, 0.2) is 64.2 Å². The summed E-state index contributed by atoms with van der Waals surface area (Å²) in [5, 5.41) is 7.57. The minimum atomic E-state index is -4.08. The molecule has 36 heavy (non-hydrogen) atoms. The molecule has 1 aromatic heterocycles. The van der Waals surface area contributed by atoms with E-state index < -0.39 is 10.0 Å². The number of rotatable bonds is 11. The van der Waals surface area contributed by atoms with E-state index in [0.29, 0.717) is 40.6 Å². The lowest BCUT2D eigenvalue weighted by Crippen LogP contribution is -2.15. The molecule has 0 unspecified atom stereocenters. The van der Waals surface area contributed by atoms with Crippen molar-refractivity contribution in [1.29, 1.82) is 0 Å². The Morgan fingerprint density at radius 2 is 2.00 bits per heavy atom. The molecule has 0 fully saturated rings. The number of carbonyl (C=O) groups excluding carboxylic acids is 1. The number of amides is 1. The molecular formula is C25H30ClN5O4S. The van der Waals surface area contributed by atoms with E-state index in [0.717, 1.165) is 0 Å². The van der Waals surface area contributed by atoms with Crippen molar-refractivity contribution < 1.29 is 17.9 Å². The second kappa shape index (κ2) is 12.2. The highest BCUT2D eigenvalue weighted by Gasteiger charge is 2.21. The molecule has 0 aliphatic carbocycles. The fourth-order valence-electron chi connectivity index (χ4n) is 3.29. The number of ether oxygens (including phenoxy) is 1. The maximum atomic E-state index is 13.2. The predicted molar refractivity (Wildman–Crippen MR) is 142 cm³/mol. The van der Waals surface area contributed by atoms with E-state index >= 15 is 0 Å². The zero-order valence-electron chi connectivity index (χ0n) is 20.7. The number of benzene rings is 2. The van der Waals surface area contributed by atoms with Crippen LogP contribution < -0.4 is 5.32 Å². The lowest BCUT2D eigenvalue weighted by molar-refractivity contribution is -0.115. The number of hydrogen-bond donors (Lipinski definition) is 1. The minimum absolute atomic E-state index is 0.0471. The van der Waals surface area contributed by atoms with Crippen LogP contribution in [-0.2, 0) is 32.5 Å². The van der Waals surface area contributed by atoms with Crippen molar-refractivity contribution in [2.24, 2.45) is 4.40 Å². The Morgan fingerprint density at radius 3 is 2.69 bits per heavy atom. The standard InChI is InChI=1S/C25H30ClN5O4S/c1-18(2)35-12-11-31-16-20(15-27-31)22-10-9-21(14-24(22)36(33,34)28-17-30(3)4)29-25(32)13-19-7-5-6-8-23(19)26/h5-10,14-18H,11-13H2,1-4H3,(H,29,32)/b28-17+. The predicted octanol–water partition coefficient (Wildman–Crippen LogP) is 4.09. The number of carbonyl (C=O) groups is 1. The van der Waals surface area contributed by atoms with E-state index in [2.05, 4.69) is 14.8 Å². The number of halogens is 1. The first kappa shape index (κ1) is 27.4. The quantitative estimate of drug-likeness (QED) is 0.295. The summed E-state index contributed by atoms with van der Waals surface area (Å²) in [5.41, 5.74) is 2.02. The highest BCUT2D eigenvalue weighted by atomic mass is 35.5. The van der Waals surface area contributed by atoms with Crippen LogP contribution in [0.2, 0.25) is 5.02 Å². The van der Waals surface area contributed by atoms with Gasteiger partial charge in [0.2, 0.25) is 5.91 Å². The Balaban J connectivity index is 1.91. The molecule has 1 N–H and O–H groups in total. The minimum Gasteiger partial charge on any atom is -0.377 e. The SMILES string of the molecule is CC(C)OCCn1cc(-c2ccc(NC(=O)Cc3ccccc3Cl)cc2S(=O)(=O)/N=C/N(C)C)cn1. The van der Waals surface area contributed by atoms with Crippen LogP contribution in [0.3, 0.4) is 0 Å². The normalized spacial score (nSPS) is 11.8. The molecule has 1 heterocycles. The van der Waals surface area contributed by atoms with Gasteiger partial charge >= 0.3 is 0 Å². The molecule has 0 bridgehead atoms. The summed E-state index contributed by atoms with van der Waals surface area (Å²) in [4.78, 5) is 14.1. The molecule has 3 aromatic rings. The van der Waals surface area contributed by atoms with Crippen molar-refractivity contribution in [2.75, 3.05) is 26.0 Å². The van der Waals surface area contributed by atoms with Crippen molar-refractivity contribution >= 4 is 39.6 Å². The number of nitrogens with one attached hydrogen (secondary N) is 1. The average Bonchev–Trinajstić information content (AvgIpc) is 3.28. The van der Waals surface area contributed by atoms with E-state index in [4.69, 9.17) is 16.3 Å². The molecule has 11 heteroatoms. The van der Waals surface area contributed by atoms with Crippen LogP contribution in [0, 0.1) is 0 Å². The van der Waals surface area contributed by atoms with Crippen molar-refractivity contribution in [3.63, 3.8) is 0 Å². The average molecular weight is 532 g/mol. The van der Waals surface area contributed by atoms with Gasteiger partial charge in [0.1, 0.15) is 6.34 Å². The van der Waals surface area contributed by atoms with Gasteiger partial charge in [0, 0.05) is 42.1 Å². The first-order valence-corrected chi connectivity index (χ1v) is 13.2. The zero-order chi connectivity index (χ0) is 26.3. The third kappa shape index (κ3) is 7.64. The summed E-state index contributed by atoms with van der Waals surface area (Å²) in [6.07, 6.45) is 4.72. The van der Waals surface area contributed by atoms with Gasteiger partial charge in [-0.3, -0.25) is 9.48 Å². The lowest BCUT2D eigenvalue weighted by atomic mass is 10.1. The molecular weight excluding hydrogens is 502 g/mol. The van der Waals surface area contributed by atoms with Gasteiger partial charge in [0.15, 0.2) is 0 Å². The summed E-state index contributed by atoms with van der Waals surface area (Å²) in [5.74, 6) is -0.325. The molecule has 9 nitrogen and oxygen atoms in total. The molecule has 0 saturated carbocycles. The second-order valence-corrected chi connectivity index (χ2v) is 10.6. The van der Waals surface area contributed by atoms with E-state index in [9.17, 15) is 13.2 Å². The monoisotopic (exact) mass is 531 g/mol. The van der Waals surface area contributed by atoms with Crippen molar-refractivity contribution in [3.05, 3.63) is 65.4 Å². The van der Waals surface area contributed by atoms with Crippen LogP contribution >= 0.6 is 11.6 Å². The van der Waals surface area contributed by atoms with Crippen molar-refractivity contribution in [3.8, 4) is 11.1 Å². The van der Waals surface area contributed by atoms with E-state index in [1.165, 1.54) is 17.3 Å². The van der Waals surface area contributed by atoms with Gasteiger partial charge in [0.25, 0.3) is 10.0 Å². The van der Waals surface area contributed by atoms with Crippen molar-refractivity contribution in [1.82, 2.24) is 14.7 Å². The smallest absolute Gasteiger partial charge is 0.284 e. The maximum absolute atomic E-state index is 13.2. The molecule has 192 valence electrons. The van der Waals surface area contributed by atoms with Gasteiger partial charge in [-0.15, -0.1) is 4.40 Å². The lowest BCUT2D eigenvalue weighted by Gasteiger charge is -2.12. The number of nitrogens with zero attached hydrogens (tertiary/aromatic N) is 4. The van der Waals surface area contributed by atoms with Crippen LogP contribution in [-0.4, -0.2) is 62.2 Å². The molecule has 0 atom stereocenters. The number of aromatic nitrogens is 2. The van der Waals surface area contributed by atoms with E-state index in [1.807, 2.05) is 13.8 Å². The number of sulfonamides is 1. The van der Waals surface area contributed by atoms with Crippen LogP contribution in [0.1, 0.15) is 19.4 Å². The Bertz CT molecular complexity index is 1340. The van der Waals surface area contributed by atoms with Crippen LogP contribution in [0.25, 0.3) is 11.1 Å². The third-order valence-corrected chi connectivity index (χ3v) is 6.62. The van der Waals surface area contributed by atoms with Gasteiger partial charge in [-0.2, -0.15) is 13.5 Å². The summed E-state index contributed by atoms with van der Waals surface area (Å²) >= 11 is 6.16. The van der Waals surface area contributed by atoms with Gasteiger partial charge in [-0.05, 0) is 37.6 Å². The molecule has 0 radical (unpaired) electrons. The molecule has 3 rings (SSSR count). The molecule has 1 amide bonds. The van der Waals surface area contributed by atoms with Crippen molar-refractivity contribution in [2.45, 2.75) is 37.8 Å². The third-order valence-electron chi connectivity index (χ3n) is 4.98. The first-order chi connectivity index (χ1) is 17.0. The fourth-order valence-corrected chi connectivity index (χ4v) is 4.66. The Morgan fingerprint density at radius 1 is 1.25 bits per heavy atom. The van der Waals surface area contributed by atoms with Gasteiger partial charge < -0.3 is 15.0 Å². The Kier molecular flexibility index (Phi) is 9.25. The van der Waals surface area contributed by atoms with Gasteiger partial charge in [0.05, 0.1) is 36.8 Å². The first-order valence-electron chi connectivity index (χ1n) is 11.3. The van der Waals surface area contributed by atoms with Gasteiger partial charge in [-0.25, -0.2) is 0 Å². The Labute approximate surface area is 216 Å². The zero-order valence-corrected chi connectivity index (χ0v) is 22.3. The maximum Gasteiger partial charge on any atom is 0.284 e. The van der Waals surface area contributed by atoms with Crippen LogP contribution in [0.5, 0.6) is 0 Å². The second-order valence-electron chi connectivity index (χ2n) is 8.60. The molecule has 2 aromatic carbocycles. The number of hydrogen-bond acceptors (Lipinski definition) is 5. The Hall–Kier alpha value is -3.21. The van der Waals surface area contributed by atoms with E-state index in [1.54, 1.807) is 67.6 Å². The summed E-state index contributed by atoms with van der Waals surface area (Å²) in [6.45, 7) is 4.91. The largest absolute Gasteiger partial charge is 0.377 e.